The second-order valence-electron chi connectivity index (χ2n) is 5.47. The fourth-order valence-corrected chi connectivity index (χ4v) is 2.77. The fraction of sp³-hybridized carbons (Fsp3) is 0.571. The Morgan fingerprint density at radius 2 is 1.93 bits per heavy atom. The molecule has 1 fully saturated rings. The van der Waals surface area contributed by atoms with Gasteiger partial charge in [0.2, 0.25) is 0 Å². The van der Waals surface area contributed by atoms with Gasteiger partial charge >= 0.3 is 0 Å². The van der Waals surface area contributed by atoms with Crippen LogP contribution in [0.2, 0.25) is 0 Å². The molecule has 1 unspecified atom stereocenters. The highest BCUT2D eigenvalue weighted by Crippen LogP contribution is 2.52. The lowest BCUT2D eigenvalue weighted by Gasteiger charge is -2.37. The number of hydrogen-bond acceptors (Lipinski definition) is 1. The molecular formula is C14H20O. The Labute approximate surface area is 92.1 Å². The third-order valence-corrected chi connectivity index (χ3v) is 3.96. The summed E-state index contributed by atoms with van der Waals surface area (Å²) in [5.74, 6) is 0. The Hall–Kier alpha value is -0.820. The summed E-state index contributed by atoms with van der Waals surface area (Å²) < 4.78 is 0. The minimum absolute atomic E-state index is 0.000787. The van der Waals surface area contributed by atoms with Crippen molar-refractivity contribution in [2.24, 2.45) is 5.41 Å². The molecule has 1 aliphatic rings. The highest BCUT2D eigenvalue weighted by Gasteiger charge is 2.48. The molecule has 0 heterocycles. The maximum absolute atomic E-state index is 10.8. The highest BCUT2D eigenvalue weighted by atomic mass is 16.3. The van der Waals surface area contributed by atoms with Crippen molar-refractivity contribution in [2.45, 2.75) is 45.6 Å². The summed E-state index contributed by atoms with van der Waals surface area (Å²) in [4.78, 5) is 0. The molecule has 1 N–H and O–H groups in total. The zero-order chi connectivity index (χ0) is 11.1. The molecule has 1 atom stereocenters. The standard InChI is InChI=1S/C14H20O/c1-11-6-4-7-12(10-11)14(15)9-5-8-13(14,2)3/h4,6-7,10,15H,5,8-9H2,1-3H3. The molecule has 0 amide bonds. The minimum Gasteiger partial charge on any atom is -0.385 e. The Kier molecular flexibility index (Phi) is 2.38. The molecule has 82 valence electrons. The van der Waals surface area contributed by atoms with Crippen LogP contribution in [0.3, 0.4) is 0 Å². The molecule has 1 saturated carbocycles. The second-order valence-corrected chi connectivity index (χ2v) is 5.47. The predicted molar refractivity (Wildman–Crippen MR) is 62.7 cm³/mol. The third kappa shape index (κ3) is 1.59. The van der Waals surface area contributed by atoms with E-state index in [0.717, 1.165) is 24.8 Å². The van der Waals surface area contributed by atoms with Crippen molar-refractivity contribution in [2.75, 3.05) is 0 Å². The van der Waals surface area contributed by atoms with Gasteiger partial charge in [-0.3, -0.25) is 0 Å². The predicted octanol–water partition coefficient (Wildman–Crippen LogP) is 3.39. The van der Waals surface area contributed by atoms with E-state index in [9.17, 15) is 5.11 Å². The van der Waals surface area contributed by atoms with Gasteiger partial charge in [0.1, 0.15) is 0 Å². The molecule has 1 nitrogen and oxygen atoms in total. The molecule has 0 radical (unpaired) electrons. The van der Waals surface area contributed by atoms with Gasteiger partial charge in [-0.25, -0.2) is 0 Å². The first-order valence-corrected chi connectivity index (χ1v) is 5.75. The number of aliphatic hydroxyl groups is 1. The van der Waals surface area contributed by atoms with E-state index in [4.69, 9.17) is 0 Å². The van der Waals surface area contributed by atoms with Crippen LogP contribution < -0.4 is 0 Å². The number of benzene rings is 1. The molecule has 0 aromatic heterocycles. The quantitative estimate of drug-likeness (QED) is 0.743. The van der Waals surface area contributed by atoms with Crippen LogP contribution in [0.25, 0.3) is 0 Å². The van der Waals surface area contributed by atoms with E-state index in [1.165, 1.54) is 5.56 Å². The first kappa shape index (κ1) is 10.7. The van der Waals surface area contributed by atoms with Gasteiger partial charge in [-0.15, -0.1) is 0 Å². The Bertz CT molecular complexity index is 367. The Morgan fingerprint density at radius 3 is 2.47 bits per heavy atom. The van der Waals surface area contributed by atoms with E-state index in [-0.39, 0.29) is 5.41 Å². The minimum atomic E-state index is -0.626. The van der Waals surface area contributed by atoms with Crippen molar-refractivity contribution in [1.29, 1.82) is 0 Å². The highest BCUT2D eigenvalue weighted by molar-refractivity contribution is 5.30. The molecule has 1 aromatic carbocycles. The number of aryl methyl sites for hydroxylation is 1. The molecule has 0 aliphatic heterocycles. The first-order valence-electron chi connectivity index (χ1n) is 5.75. The van der Waals surface area contributed by atoms with Gasteiger partial charge in [0.05, 0.1) is 5.60 Å². The van der Waals surface area contributed by atoms with Crippen LogP contribution in [-0.4, -0.2) is 5.11 Å². The lowest BCUT2D eigenvalue weighted by atomic mass is 9.73. The zero-order valence-corrected chi connectivity index (χ0v) is 9.88. The SMILES string of the molecule is Cc1cccc(C2(O)CCCC2(C)C)c1. The number of hydrogen-bond donors (Lipinski definition) is 1. The van der Waals surface area contributed by atoms with E-state index in [1.54, 1.807) is 0 Å². The topological polar surface area (TPSA) is 20.2 Å². The molecule has 1 heteroatoms. The second kappa shape index (κ2) is 3.34. The van der Waals surface area contributed by atoms with E-state index in [1.807, 2.05) is 6.07 Å². The van der Waals surface area contributed by atoms with Crippen LogP contribution >= 0.6 is 0 Å². The summed E-state index contributed by atoms with van der Waals surface area (Å²) in [7, 11) is 0. The van der Waals surface area contributed by atoms with Crippen molar-refractivity contribution < 1.29 is 5.11 Å². The van der Waals surface area contributed by atoms with Crippen molar-refractivity contribution in [3.63, 3.8) is 0 Å². The van der Waals surface area contributed by atoms with Crippen LogP contribution in [0.15, 0.2) is 24.3 Å². The Morgan fingerprint density at radius 1 is 1.20 bits per heavy atom. The van der Waals surface area contributed by atoms with Gasteiger partial charge in [0.15, 0.2) is 0 Å². The van der Waals surface area contributed by atoms with Crippen LogP contribution in [0, 0.1) is 12.3 Å². The zero-order valence-electron chi connectivity index (χ0n) is 9.88. The van der Waals surface area contributed by atoms with Crippen molar-refractivity contribution in [3.8, 4) is 0 Å². The van der Waals surface area contributed by atoms with Crippen molar-refractivity contribution in [3.05, 3.63) is 35.4 Å². The summed E-state index contributed by atoms with van der Waals surface area (Å²) in [5.41, 5.74) is 1.69. The maximum Gasteiger partial charge on any atom is 0.0947 e. The summed E-state index contributed by atoms with van der Waals surface area (Å²) in [6.07, 6.45) is 3.12. The summed E-state index contributed by atoms with van der Waals surface area (Å²) >= 11 is 0. The van der Waals surface area contributed by atoms with Gasteiger partial charge in [-0.2, -0.15) is 0 Å². The maximum atomic E-state index is 10.8. The Balaban J connectivity index is 2.45. The molecule has 15 heavy (non-hydrogen) atoms. The summed E-state index contributed by atoms with van der Waals surface area (Å²) in [6, 6.07) is 8.29. The van der Waals surface area contributed by atoms with Crippen LogP contribution in [-0.2, 0) is 5.60 Å². The normalized spacial score (nSPS) is 29.3. The van der Waals surface area contributed by atoms with Crippen LogP contribution in [0.4, 0.5) is 0 Å². The largest absolute Gasteiger partial charge is 0.385 e. The summed E-state index contributed by atoms with van der Waals surface area (Å²) in [6.45, 7) is 6.42. The molecule has 0 spiro atoms. The van der Waals surface area contributed by atoms with E-state index >= 15 is 0 Å². The lowest BCUT2D eigenvalue weighted by molar-refractivity contribution is -0.0485. The van der Waals surface area contributed by atoms with Crippen molar-refractivity contribution >= 4 is 0 Å². The van der Waals surface area contributed by atoms with E-state index < -0.39 is 5.60 Å². The average molecular weight is 204 g/mol. The molecule has 0 bridgehead atoms. The van der Waals surface area contributed by atoms with Gasteiger partial charge < -0.3 is 5.11 Å². The fourth-order valence-electron chi connectivity index (χ4n) is 2.77. The van der Waals surface area contributed by atoms with Gasteiger partial charge in [-0.1, -0.05) is 43.7 Å². The molecular weight excluding hydrogens is 184 g/mol. The monoisotopic (exact) mass is 204 g/mol. The molecule has 2 rings (SSSR count). The van der Waals surface area contributed by atoms with Gasteiger partial charge in [0.25, 0.3) is 0 Å². The number of rotatable bonds is 1. The van der Waals surface area contributed by atoms with Crippen molar-refractivity contribution in [1.82, 2.24) is 0 Å². The summed E-state index contributed by atoms with van der Waals surface area (Å²) in [5, 5.41) is 10.8. The van der Waals surface area contributed by atoms with E-state index in [2.05, 4.69) is 39.0 Å². The molecule has 1 aliphatic carbocycles. The lowest BCUT2D eigenvalue weighted by Crippen LogP contribution is -2.36. The third-order valence-electron chi connectivity index (χ3n) is 3.96. The molecule has 1 aromatic rings. The van der Waals surface area contributed by atoms with Gasteiger partial charge in [0, 0.05) is 0 Å². The first-order chi connectivity index (χ1) is 6.96. The molecule has 0 saturated heterocycles. The smallest absolute Gasteiger partial charge is 0.0947 e. The average Bonchev–Trinajstić information content (AvgIpc) is 2.43. The van der Waals surface area contributed by atoms with Crippen LogP contribution in [0.1, 0.15) is 44.2 Å². The van der Waals surface area contributed by atoms with E-state index in [0.29, 0.717) is 0 Å². The van der Waals surface area contributed by atoms with Crippen LogP contribution in [0.5, 0.6) is 0 Å². The van der Waals surface area contributed by atoms with Gasteiger partial charge in [-0.05, 0) is 37.2 Å².